The van der Waals surface area contributed by atoms with E-state index in [1.807, 2.05) is 6.08 Å². The Bertz CT molecular complexity index is 316. The fourth-order valence-corrected chi connectivity index (χ4v) is 1.92. The molecule has 1 aliphatic rings. The molecule has 0 aromatic carbocycles. The van der Waals surface area contributed by atoms with Crippen LogP contribution in [0.5, 0.6) is 0 Å². The Labute approximate surface area is 101 Å². The molecule has 1 amide bonds. The molecule has 0 atom stereocenters. The number of allylic oxidation sites excluding steroid dienone is 1. The molecule has 1 N–H and O–H groups in total. The Morgan fingerprint density at radius 3 is 2.47 bits per heavy atom. The quantitative estimate of drug-likeness (QED) is 0.605. The normalized spacial score (nSPS) is 18.0. The van der Waals surface area contributed by atoms with Gasteiger partial charge in [-0.15, -0.1) is 0 Å². The average Bonchev–Trinajstić information content (AvgIpc) is 2.30. The minimum absolute atomic E-state index is 0.273. The van der Waals surface area contributed by atoms with Crippen molar-refractivity contribution in [1.29, 1.82) is 0 Å². The number of rotatable bonds is 3. The monoisotopic (exact) mass is 241 g/mol. The van der Waals surface area contributed by atoms with Crippen molar-refractivity contribution in [2.75, 3.05) is 19.7 Å². The van der Waals surface area contributed by atoms with E-state index in [1.165, 1.54) is 4.90 Å². The van der Waals surface area contributed by atoms with Crippen molar-refractivity contribution in [3.05, 3.63) is 11.6 Å². The first-order valence-electron chi connectivity index (χ1n) is 5.88. The van der Waals surface area contributed by atoms with Gasteiger partial charge in [0.15, 0.2) is 0 Å². The van der Waals surface area contributed by atoms with E-state index in [0.717, 1.165) is 12.8 Å². The molecule has 0 aromatic heterocycles. The molecule has 5 nitrogen and oxygen atoms in total. The summed E-state index contributed by atoms with van der Waals surface area (Å²) >= 11 is 0. The zero-order valence-electron chi connectivity index (χ0n) is 10.3. The number of carbonyl (C=O) groups excluding carboxylic acids is 1. The standard InChI is InChI=1S/C12H19NO4/c1-3-17-11(14)9(2)8-10-4-6-13(7-5-10)12(15)16/h8,10H,3-7H2,1-2H3,(H,15,16). The summed E-state index contributed by atoms with van der Waals surface area (Å²) < 4.78 is 4.89. The van der Waals surface area contributed by atoms with Crippen LogP contribution in [0.4, 0.5) is 4.79 Å². The van der Waals surface area contributed by atoms with Gasteiger partial charge < -0.3 is 14.7 Å². The largest absolute Gasteiger partial charge is 0.465 e. The predicted molar refractivity (Wildman–Crippen MR) is 62.7 cm³/mol. The van der Waals surface area contributed by atoms with Gasteiger partial charge in [0.2, 0.25) is 0 Å². The molecule has 1 fully saturated rings. The zero-order chi connectivity index (χ0) is 12.8. The molecule has 1 saturated heterocycles. The summed E-state index contributed by atoms with van der Waals surface area (Å²) in [6.45, 7) is 4.96. The second kappa shape index (κ2) is 6.27. The van der Waals surface area contributed by atoms with Gasteiger partial charge in [-0.05, 0) is 32.6 Å². The summed E-state index contributed by atoms with van der Waals surface area (Å²) in [5.74, 6) is -0.0110. The van der Waals surface area contributed by atoms with Crippen LogP contribution in [0.2, 0.25) is 0 Å². The molecule has 1 heterocycles. The molecule has 0 aromatic rings. The number of esters is 1. The fraction of sp³-hybridized carbons (Fsp3) is 0.667. The van der Waals surface area contributed by atoms with E-state index >= 15 is 0 Å². The Morgan fingerprint density at radius 1 is 1.41 bits per heavy atom. The van der Waals surface area contributed by atoms with Crippen LogP contribution < -0.4 is 0 Å². The molecule has 1 rings (SSSR count). The van der Waals surface area contributed by atoms with E-state index < -0.39 is 6.09 Å². The number of hydrogen-bond acceptors (Lipinski definition) is 3. The van der Waals surface area contributed by atoms with E-state index in [2.05, 4.69) is 0 Å². The van der Waals surface area contributed by atoms with Gasteiger partial charge in [0, 0.05) is 18.7 Å². The predicted octanol–water partition coefficient (Wildman–Crippen LogP) is 1.89. The lowest BCUT2D eigenvalue weighted by atomic mass is 9.95. The number of ether oxygens (including phenoxy) is 1. The van der Waals surface area contributed by atoms with Crippen molar-refractivity contribution >= 4 is 12.1 Å². The lowest BCUT2D eigenvalue weighted by Gasteiger charge is -2.28. The molecule has 5 heteroatoms. The van der Waals surface area contributed by atoms with Gasteiger partial charge in [-0.1, -0.05) is 6.08 Å². The van der Waals surface area contributed by atoms with Crippen LogP contribution in [0, 0.1) is 5.92 Å². The minimum Gasteiger partial charge on any atom is -0.465 e. The highest BCUT2D eigenvalue weighted by Gasteiger charge is 2.21. The molecular formula is C12H19NO4. The highest BCUT2D eigenvalue weighted by molar-refractivity contribution is 5.87. The second-order valence-corrected chi connectivity index (χ2v) is 4.18. The van der Waals surface area contributed by atoms with E-state index in [9.17, 15) is 9.59 Å². The van der Waals surface area contributed by atoms with Gasteiger partial charge in [-0.2, -0.15) is 0 Å². The lowest BCUT2D eigenvalue weighted by Crippen LogP contribution is -2.37. The third-order valence-electron chi connectivity index (χ3n) is 2.89. The fourth-order valence-electron chi connectivity index (χ4n) is 1.92. The van der Waals surface area contributed by atoms with Gasteiger partial charge in [-0.25, -0.2) is 9.59 Å². The van der Waals surface area contributed by atoms with Crippen LogP contribution in [0.15, 0.2) is 11.6 Å². The topological polar surface area (TPSA) is 66.8 Å². The molecule has 0 unspecified atom stereocenters. The third kappa shape index (κ3) is 4.09. The third-order valence-corrected chi connectivity index (χ3v) is 2.89. The van der Waals surface area contributed by atoms with E-state index in [0.29, 0.717) is 25.3 Å². The average molecular weight is 241 g/mol. The molecule has 0 saturated carbocycles. The maximum Gasteiger partial charge on any atom is 0.407 e. The molecule has 0 bridgehead atoms. The summed E-state index contributed by atoms with van der Waals surface area (Å²) in [4.78, 5) is 23.5. The summed E-state index contributed by atoms with van der Waals surface area (Å²) in [5, 5.41) is 8.80. The van der Waals surface area contributed by atoms with E-state index in [4.69, 9.17) is 9.84 Å². The van der Waals surface area contributed by atoms with Gasteiger partial charge in [0.1, 0.15) is 0 Å². The van der Waals surface area contributed by atoms with Gasteiger partial charge in [0.25, 0.3) is 0 Å². The van der Waals surface area contributed by atoms with Gasteiger partial charge in [0.05, 0.1) is 6.61 Å². The van der Waals surface area contributed by atoms with E-state index in [1.54, 1.807) is 13.8 Å². The van der Waals surface area contributed by atoms with Crippen molar-refractivity contribution in [3.8, 4) is 0 Å². The van der Waals surface area contributed by atoms with Crippen molar-refractivity contribution in [1.82, 2.24) is 4.90 Å². The molecular weight excluding hydrogens is 222 g/mol. The molecule has 1 aliphatic heterocycles. The number of carboxylic acid groups (broad SMARTS) is 1. The lowest BCUT2D eigenvalue weighted by molar-refractivity contribution is -0.138. The first-order chi connectivity index (χ1) is 8.04. The Balaban J connectivity index is 2.46. The Morgan fingerprint density at radius 2 is 2.00 bits per heavy atom. The van der Waals surface area contributed by atoms with Crippen LogP contribution in [0.3, 0.4) is 0 Å². The van der Waals surface area contributed by atoms with Gasteiger partial charge >= 0.3 is 12.1 Å². The van der Waals surface area contributed by atoms with Crippen molar-refractivity contribution in [3.63, 3.8) is 0 Å². The van der Waals surface area contributed by atoms with E-state index in [-0.39, 0.29) is 11.9 Å². The van der Waals surface area contributed by atoms with Crippen LogP contribution in [0.25, 0.3) is 0 Å². The summed E-state index contributed by atoms with van der Waals surface area (Å²) in [7, 11) is 0. The maximum atomic E-state index is 11.4. The van der Waals surface area contributed by atoms with Crippen molar-refractivity contribution < 1.29 is 19.4 Å². The smallest absolute Gasteiger partial charge is 0.407 e. The molecule has 0 spiro atoms. The van der Waals surface area contributed by atoms with Gasteiger partial charge in [-0.3, -0.25) is 0 Å². The molecule has 17 heavy (non-hydrogen) atoms. The summed E-state index contributed by atoms with van der Waals surface area (Å²) in [6.07, 6.45) is 2.57. The molecule has 0 aliphatic carbocycles. The minimum atomic E-state index is -0.866. The van der Waals surface area contributed by atoms with Crippen LogP contribution in [-0.2, 0) is 9.53 Å². The highest BCUT2D eigenvalue weighted by atomic mass is 16.5. The molecule has 0 radical (unpaired) electrons. The Hall–Kier alpha value is -1.52. The van der Waals surface area contributed by atoms with Crippen molar-refractivity contribution in [2.45, 2.75) is 26.7 Å². The first kappa shape index (κ1) is 13.5. The number of hydrogen-bond donors (Lipinski definition) is 1. The number of carbonyl (C=O) groups is 2. The molecule has 96 valence electrons. The Kier molecular flexibility index (Phi) is 5.00. The number of piperidine rings is 1. The number of likely N-dealkylation sites (tertiary alicyclic amines) is 1. The highest BCUT2D eigenvalue weighted by Crippen LogP contribution is 2.20. The number of amides is 1. The van der Waals surface area contributed by atoms with Crippen LogP contribution in [0.1, 0.15) is 26.7 Å². The number of nitrogens with zero attached hydrogens (tertiary/aromatic N) is 1. The zero-order valence-corrected chi connectivity index (χ0v) is 10.3. The summed E-state index contributed by atoms with van der Waals surface area (Å²) in [5.41, 5.74) is 0.612. The van der Waals surface area contributed by atoms with Crippen LogP contribution in [-0.4, -0.2) is 41.8 Å². The van der Waals surface area contributed by atoms with Crippen molar-refractivity contribution in [2.24, 2.45) is 5.92 Å². The van der Waals surface area contributed by atoms with Crippen LogP contribution >= 0.6 is 0 Å². The second-order valence-electron chi connectivity index (χ2n) is 4.18. The maximum absolute atomic E-state index is 11.4. The summed E-state index contributed by atoms with van der Waals surface area (Å²) in [6, 6.07) is 0. The first-order valence-corrected chi connectivity index (χ1v) is 5.88. The SMILES string of the molecule is CCOC(=O)C(C)=CC1CCN(C(=O)O)CC1.